The Morgan fingerprint density at radius 3 is 2.56 bits per heavy atom. The van der Waals surface area contributed by atoms with Gasteiger partial charge in [-0.3, -0.25) is 4.79 Å². The van der Waals surface area contributed by atoms with Crippen LogP contribution in [-0.2, 0) is 4.79 Å². The molecule has 0 amide bonds. The molecule has 2 rings (SSSR count). The average molecular weight is 218 g/mol. The van der Waals surface area contributed by atoms with Crippen molar-refractivity contribution in [3.63, 3.8) is 0 Å². The summed E-state index contributed by atoms with van der Waals surface area (Å²) in [6.45, 7) is 8.79. The van der Waals surface area contributed by atoms with E-state index in [1.165, 1.54) is 6.42 Å². The molecule has 0 N–H and O–H groups in total. The number of carbonyl (C=O) groups is 1. The van der Waals surface area contributed by atoms with Crippen molar-refractivity contribution in [2.45, 2.75) is 53.4 Å². The molecule has 0 aromatic heterocycles. The monoisotopic (exact) mass is 218 g/mol. The third kappa shape index (κ3) is 1.29. The highest BCUT2D eigenvalue weighted by atomic mass is 16.1. The van der Waals surface area contributed by atoms with Gasteiger partial charge in [-0.05, 0) is 30.6 Å². The van der Waals surface area contributed by atoms with Gasteiger partial charge in [-0.25, -0.2) is 0 Å². The van der Waals surface area contributed by atoms with Crippen LogP contribution >= 0.6 is 0 Å². The van der Waals surface area contributed by atoms with E-state index < -0.39 is 0 Å². The number of fused-ring (bicyclic) bond motifs is 2. The van der Waals surface area contributed by atoms with Crippen molar-refractivity contribution in [2.75, 3.05) is 0 Å². The summed E-state index contributed by atoms with van der Waals surface area (Å²) in [6.07, 6.45) is 4.25. The van der Waals surface area contributed by atoms with Crippen molar-refractivity contribution in [1.29, 1.82) is 0 Å². The number of ketones is 1. The molecular weight excluding hydrogens is 196 g/mol. The fourth-order valence-corrected chi connectivity index (χ4v) is 3.56. The molecule has 1 nitrogen and oxygen atoms in total. The first-order valence-electron chi connectivity index (χ1n) is 6.48. The summed E-state index contributed by atoms with van der Waals surface area (Å²) < 4.78 is 0. The molecule has 0 heterocycles. The number of Topliss-reactive ketones (excluding diaryl/α,β-unsaturated/α-hetero) is 1. The van der Waals surface area contributed by atoms with Crippen LogP contribution in [0.3, 0.4) is 0 Å². The Hall–Kier alpha value is -0.770. The van der Waals surface area contributed by atoms with Gasteiger partial charge in [0.25, 0.3) is 0 Å². The van der Waals surface area contributed by atoms with Crippen molar-refractivity contribution in [1.82, 2.24) is 0 Å². The predicted octanol–water partition coefficient (Wildman–Crippen LogP) is 3.43. The molecule has 16 heavy (non-hydrogen) atoms. The van der Waals surface area contributed by atoms with E-state index >= 15 is 0 Å². The molecule has 2 bridgehead atoms. The Morgan fingerprint density at radius 2 is 2.06 bits per heavy atom. The number of rotatable bonds is 1. The van der Waals surface area contributed by atoms with Gasteiger partial charge in [0.05, 0.1) is 5.92 Å². The standard InChI is InChI=1S/C15H22O/c1-5-6-7-8-11-12-9-10-15(4,13(11)16)14(12,2)3/h11-12H,5-6,9-10H2,1-4H3. The third-order valence-corrected chi connectivity index (χ3v) is 5.17. The Labute approximate surface area is 99.0 Å². The quantitative estimate of drug-likeness (QED) is 0.616. The topological polar surface area (TPSA) is 17.1 Å². The number of carbonyl (C=O) groups excluding carboxylic acids is 1. The summed E-state index contributed by atoms with van der Waals surface area (Å²) in [5, 5.41) is 0. The molecule has 2 aliphatic rings. The lowest BCUT2D eigenvalue weighted by Crippen LogP contribution is -2.33. The molecule has 0 aromatic carbocycles. The number of hydrogen-bond donors (Lipinski definition) is 0. The molecule has 2 fully saturated rings. The molecule has 0 aromatic rings. The zero-order valence-electron chi connectivity index (χ0n) is 10.9. The summed E-state index contributed by atoms with van der Waals surface area (Å²) in [5.41, 5.74) is 0.0405. The largest absolute Gasteiger partial charge is 0.298 e. The van der Waals surface area contributed by atoms with E-state index in [2.05, 4.69) is 39.5 Å². The summed E-state index contributed by atoms with van der Waals surface area (Å²) >= 11 is 0. The van der Waals surface area contributed by atoms with Crippen LogP contribution in [0.15, 0.2) is 0 Å². The van der Waals surface area contributed by atoms with Gasteiger partial charge in [0.15, 0.2) is 5.78 Å². The van der Waals surface area contributed by atoms with Crippen LogP contribution in [0.2, 0.25) is 0 Å². The molecule has 0 spiro atoms. The van der Waals surface area contributed by atoms with Gasteiger partial charge in [-0.15, -0.1) is 5.92 Å². The zero-order valence-corrected chi connectivity index (χ0v) is 10.9. The summed E-state index contributed by atoms with van der Waals surface area (Å²) in [6, 6.07) is 0. The Bertz CT molecular complexity index is 369. The van der Waals surface area contributed by atoms with E-state index in [0.29, 0.717) is 11.7 Å². The van der Waals surface area contributed by atoms with Crippen molar-refractivity contribution >= 4 is 5.78 Å². The molecule has 0 radical (unpaired) electrons. The molecular formula is C15H22O. The second kappa shape index (κ2) is 3.62. The smallest absolute Gasteiger partial charge is 0.154 e. The van der Waals surface area contributed by atoms with E-state index in [1.807, 2.05) is 0 Å². The second-order valence-electron chi connectivity index (χ2n) is 6.11. The van der Waals surface area contributed by atoms with Crippen LogP contribution in [0.25, 0.3) is 0 Å². The van der Waals surface area contributed by atoms with Crippen molar-refractivity contribution in [3.05, 3.63) is 0 Å². The SMILES string of the molecule is CCCC#CC1C(=O)C2(C)CCC1C2(C)C. The first-order valence-corrected chi connectivity index (χ1v) is 6.48. The zero-order chi connectivity index (χ0) is 12.0. The minimum absolute atomic E-state index is 0.0281. The van der Waals surface area contributed by atoms with Gasteiger partial charge in [0.2, 0.25) is 0 Å². The second-order valence-corrected chi connectivity index (χ2v) is 6.11. The van der Waals surface area contributed by atoms with Crippen LogP contribution in [0.1, 0.15) is 53.4 Å². The van der Waals surface area contributed by atoms with Crippen molar-refractivity contribution < 1.29 is 4.79 Å². The van der Waals surface area contributed by atoms with Crippen LogP contribution in [0.5, 0.6) is 0 Å². The van der Waals surface area contributed by atoms with Crippen LogP contribution in [0, 0.1) is 34.5 Å². The molecule has 1 heteroatoms. The van der Waals surface area contributed by atoms with E-state index in [9.17, 15) is 4.79 Å². The third-order valence-electron chi connectivity index (χ3n) is 5.17. The van der Waals surface area contributed by atoms with E-state index in [1.54, 1.807) is 0 Å². The number of hydrogen-bond acceptors (Lipinski definition) is 1. The van der Waals surface area contributed by atoms with Crippen molar-refractivity contribution in [2.24, 2.45) is 22.7 Å². The number of unbranched alkanes of at least 4 members (excludes halogenated alkanes) is 1. The average Bonchev–Trinajstić information content (AvgIpc) is 2.53. The lowest BCUT2D eigenvalue weighted by Gasteiger charge is -2.32. The van der Waals surface area contributed by atoms with Crippen LogP contribution in [-0.4, -0.2) is 5.78 Å². The maximum atomic E-state index is 12.4. The van der Waals surface area contributed by atoms with Gasteiger partial charge >= 0.3 is 0 Å². The van der Waals surface area contributed by atoms with Crippen molar-refractivity contribution in [3.8, 4) is 11.8 Å². The lowest BCUT2D eigenvalue weighted by molar-refractivity contribution is -0.130. The molecule has 3 unspecified atom stereocenters. The predicted molar refractivity (Wildman–Crippen MR) is 65.8 cm³/mol. The Kier molecular flexibility index (Phi) is 2.65. The summed E-state index contributed by atoms with van der Waals surface area (Å²) in [7, 11) is 0. The van der Waals surface area contributed by atoms with Gasteiger partial charge in [-0.2, -0.15) is 0 Å². The van der Waals surface area contributed by atoms with Gasteiger partial charge < -0.3 is 0 Å². The molecule has 0 aliphatic heterocycles. The van der Waals surface area contributed by atoms with Gasteiger partial charge in [0, 0.05) is 11.8 Å². The first kappa shape index (κ1) is 11.7. The minimum Gasteiger partial charge on any atom is -0.298 e. The Morgan fingerprint density at radius 1 is 1.38 bits per heavy atom. The van der Waals surface area contributed by atoms with Crippen LogP contribution < -0.4 is 0 Å². The van der Waals surface area contributed by atoms with Gasteiger partial charge in [0.1, 0.15) is 0 Å². The lowest BCUT2D eigenvalue weighted by atomic mass is 9.70. The van der Waals surface area contributed by atoms with E-state index in [4.69, 9.17) is 0 Å². The van der Waals surface area contributed by atoms with Crippen LogP contribution in [0.4, 0.5) is 0 Å². The maximum Gasteiger partial charge on any atom is 0.154 e. The Balaban J connectivity index is 2.27. The molecule has 2 saturated carbocycles. The fourth-order valence-electron chi connectivity index (χ4n) is 3.56. The van der Waals surface area contributed by atoms with E-state index in [-0.39, 0.29) is 16.7 Å². The minimum atomic E-state index is -0.108. The highest BCUT2D eigenvalue weighted by Gasteiger charge is 2.65. The summed E-state index contributed by atoms with van der Waals surface area (Å²) in [4.78, 5) is 12.4. The molecule has 88 valence electrons. The van der Waals surface area contributed by atoms with Gasteiger partial charge in [-0.1, -0.05) is 33.6 Å². The highest BCUT2D eigenvalue weighted by molar-refractivity contribution is 5.93. The first-order chi connectivity index (χ1) is 7.45. The normalized spacial score (nSPS) is 39.6. The fraction of sp³-hybridized carbons (Fsp3) is 0.800. The molecule has 2 aliphatic carbocycles. The highest BCUT2D eigenvalue weighted by Crippen LogP contribution is 2.65. The summed E-state index contributed by atoms with van der Waals surface area (Å²) in [5.74, 6) is 7.36. The molecule has 0 saturated heterocycles. The molecule has 3 atom stereocenters. The van der Waals surface area contributed by atoms with E-state index in [0.717, 1.165) is 19.3 Å². The maximum absolute atomic E-state index is 12.4.